The summed E-state index contributed by atoms with van der Waals surface area (Å²) in [7, 11) is 0. The van der Waals surface area contributed by atoms with Gasteiger partial charge in [-0.1, -0.05) is 19.1 Å². The number of nitrogens with one attached hydrogen (secondary N) is 1. The number of carbonyl (C=O) groups is 3. The van der Waals surface area contributed by atoms with Gasteiger partial charge in [0, 0.05) is 18.8 Å². The molecular weight excluding hydrogens is 393 g/mol. The fourth-order valence-electron chi connectivity index (χ4n) is 2.85. The van der Waals surface area contributed by atoms with Gasteiger partial charge in [0.05, 0.1) is 5.92 Å². The van der Waals surface area contributed by atoms with E-state index in [0.29, 0.717) is 5.69 Å². The maximum Gasteiger partial charge on any atom is 0.422 e. The third-order valence-corrected chi connectivity index (χ3v) is 4.41. The van der Waals surface area contributed by atoms with Gasteiger partial charge in [0.15, 0.2) is 13.2 Å². The third kappa shape index (κ3) is 7.63. The van der Waals surface area contributed by atoms with E-state index in [4.69, 9.17) is 4.74 Å². The van der Waals surface area contributed by atoms with Gasteiger partial charge in [-0.15, -0.1) is 0 Å². The Balaban J connectivity index is 1.71. The van der Waals surface area contributed by atoms with Gasteiger partial charge in [-0.3, -0.25) is 9.59 Å². The molecule has 1 saturated heterocycles. The zero-order valence-corrected chi connectivity index (χ0v) is 16.0. The maximum absolute atomic E-state index is 12.1. The number of nitrogens with zero attached hydrogens (tertiary/aromatic N) is 1. The molecule has 0 radical (unpaired) electrons. The van der Waals surface area contributed by atoms with Crippen LogP contribution in [0.15, 0.2) is 24.3 Å². The van der Waals surface area contributed by atoms with Crippen LogP contribution in [0, 0.1) is 5.92 Å². The lowest BCUT2D eigenvalue weighted by atomic mass is 9.97. The van der Waals surface area contributed by atoms with Crippen molar-refractivity contribution in [2.45, 2.75) is 32.4 Å². The van der Waals surface area contributed by atoms with Crippen molar-refractivity contribution in [3.05, 3.63) is 29.8 Å². The highest BCUT2D eigenvalue weighted by molar-refractivity contribution is 5.93. The number of ether oxygens (including phenoxy) is 2. The number of esters is 1. The minimum atomic E-state index is -4.59. The van der Waals surface area contributed by atoms with E-state index in [1.807, 2.05) is 25.1 Å². The smallest absolute Gasteiger partial charge is 0.422 e. The van der Waals surface area contributed by atoms with E-state index in [0.717, 1.165) is 16.9 Å². The number of amides is 2. The second kappa shape index (κ2) is 10.1. The van der Waals surface area contributed by atoms with Crippen molar-refractivity contribution in [3.8, 4) is 0 Å². The molecule has 0 saturated carbocycles. The molecule has 1 aromatic carbocycles. The van der Waals surface area contributed by atoms with Gasteiger partial charge in [0.1, 0.15) is 0 Å². The molecule has 160 valence electrons. The molecule has 0 bridgehead atoms. The summed E-state index contributed by atoms with van der Waals surface area (Å²) < 4.78 is 45.5. The molecule has 2 rings (SSSR count). The largest absolute Gasteiger partial charge is 0.455 e. The number of halogens is 3. The monoisotopic (exact) mass is 416 g/mol. The van der Waals surface area contributed by atoms with Crippen molar-refractivity contribution in [2.75, 3.05) is 31.6 Å². The first kappa shape index (κ1) is 22.5. The molecule has 0 spiro atoms. The van der Waals surface area contributed by atoms with Crippen LogP contribution in [0.25, 0.3) is 0 Å². The molecule has 1 aromatic rings. The van der Waals surface area contributed by atoms with Gasteiger partial charge in [-0.05, 0) is 37.0 Å². The number of carbonyl (C=O) groups excluding carboxylic acids is 3. The van der Waals surface area contributed by atoms with E-state index in [1.54, 1.807) is 6.07 Å². The van der Waals surface area contributed by atoms with Crippen LogP contribution in [0.1, 0.15) is 25.3 Å². The SMILES string of the molecule is CCc1cccc(NC(=O)COC(=O)C2CCN(C(=O)OCC(F)(F)F)CC2)c1. The molecule has 0 aromatic heterocycles. The first-order chi connectivity index (χ1) is 13.7. The minimum Gasteiger partial charge on any atom is -0.455 e. The number of alkyl halides is 3. The summed E-state index contributed by atoms with van der Waals surface area (Å²) >= 11 is 0. The van der Waals surface area contributed by atoms with E-state index >= 15 is 0 Å². The van der Waals surface area contributed by atoms with Crippen molar-refractivity contribution < 1.29 is 37.0 Å². The summed E-state index contributed by atoms with van der Waals surface area (Å²) in [5.41, 5.74) is 1.66. The highest BCUT2D eigenvalue weighted by Crippen LogP contribution is 2.21. The Hall–Kier alpha value is -2.78. The van der Waals surface area contributed by atoms with E-state index in [2.05, 4.69) is 10.1 Å². The Morgan fingerprint density at radius 2 is 1.86 bits per heavy atom. The first-order valence-corrected chi connectivity index (χ1v) is 9.22. The number of anilines is 1. The molecule has 1 N–H and O–H groups in total. The predicted molar refractivity (Wildman–Crippen MR) is 97.1 cm³/mol. The number of benzene rings is 1. The Bertz CT molecular complexity index is 731. The van der Waals surface area contributed by atoms with Gasteiger partial charge in [0.2, 0.25) is 0 Å². The highest BCUT2D eigenvalue weighted by Gasteiger charge is 2.33. The molecule has 7 nitrogen and oxygen atoms in total. The van der Waals surface area contributed by atoms with E-state index in [1.165, 1.54) is 0 Å². The average Bonchev–Trinajstić information content (AvgIpc) is 2.70. The number of rotatable bonds is 6. The van der Waals surface area contributed by atoms with Crippen LogP contribution >= 0.6 is 0 Å². The fourth-order valence-corrected chi connectivity index (χ4v) is 2.85. The van der Waals surface area contributed by atoms with Crippen LogP contribution in [-0.4, -0.2) is 55.3 Å². The van der Waals surface area contributed by atoms with Crippen molar-refractivity contribution in [1.29, 1.82) is 0 Å². The summed E-state index contributed by atoms with van der Waals surface area (Å²) in [5.74, 6) is -1.58. The number of piperidine rings is 1. The van der Waals surface area contributed by atoms with E-state index < -0.39 is 43.3 Å². The fraction of sp³-hybridized carbons (Fsp3) is 0.526. The maximum atomic E-state index is 12.1. The van der Waals surface area contributed by atoms with Crippen LogP contribution in [0.2, 0.25) is 0 Å². The van der Waals surface area contributed by atoms with Crippen molar-refractivity contribution in [1.82, 2.24) is 4.90 Å². The quantitative estimate of drug-likeness (QED) is 0.721. The van der Waals surface area contributed by atoms with Gasteiger partial charge >= 0.3 is 18.2 Å². The topological polar surface area (TPSA) is 84.9 Å². The molecule has 29 heavy (non-hydrogen) atoms. The van der Waals surface area contributed by atoms with Gasteiger partial charge < -0.3 is 19.7 Å². The van der Waals surface area contributed by atoms with Crippen LogP contribution in [0.3, 0.4) is 0 Å². The summed E-state index contributed by atoms with van der Waals surface area (Å²) in [4.78, 5) is 36.8. The lowest BCUT2D eigenvalue weighted by Crippen LogP contribution is -2.42. The average molecular weight is 416 g/mol. The lowest BCUT2D eigenvalue weighted by molar-refractivity contribution is -0.163. The Morgan fingerprint density at radius 3 is 2.48 bits per heavy atom. The van der Waals surface area contributed by atoms with Crippen molar-refractivity contribution in [3.63, 3.8) is 0 Å². The van der Waals surface area contributed by atoms with Crippen molar-refractivity contribution >= 4 is 23.7 Å². The van der Waals surface area contributed by atoms with Crippen molar-refractivity contribution in [2.24, 2.45) is 5.92 Å². The molecule has 0 aliphatic carbocycles. The lowest BCUT2D eigenvalue weighted by Gasteiger charge is -2.30. The second-order valence-corrected chi connectivity index (χ2v) is 6.64. The van der Waals surface area contributed by atoms with E-state index in [-0.39, 0.29) is 25.9 Å². The number of aryl methyl sites for hydroxylation is 1. The van der Waals surface area contributed by atoms with Crippen LogP contribution in [-0.2, 0) is 25.5 Å². The highest BCUT2D eigenvalue weighted by atomic mass is 19.4. The zero-order valence-electron chi connectivity index (χ0n) is 16.0. The predicted octanol–water partition coefficient (Wildman–Crippen LogP) is 3.14. The number of likely N-dealkylation sites (tertiary alicyclic amines) is 1. The molecule has 1 aliphatic heterocycles. The summed E-state index contributed by atoms with van der Waals surface area (Å²) in [6, 6.07) is 7.30. The molecule has 0 atom stereocenters. The molecule has 1 fully saturated rings. The van der Waals surface area contributed by atoms with Crippen LogP contribution in [0.5, 0.6) is 0 Å². The summed E-state index contributed by atoms with van der Waals surface area (Å²) in [6.07, 6.45) is -4.39. The molecule has 1 heterocycles. The number of hydrogen-bond donors (Lipinski definition) is 1. The van der Waals surface area contributed by atoms with Crippen LogP contribution in [0.4, 0.5) is 23.7 Å². The van der Waals surface area contributed by atoms with Gasteiger partial charge in [0.25, 0.3) is 5.91 Å². The molecule has 2 amide bonds. The standard InChI is InChI=1S/C19H23F3N2O5/c1-2-13-4-3-5-15(10-13)23-16(25)11-28-17(26)14-6-8-24(9-7-14)18(27)29-12-19(20,21)22/h3-5,10,14H,2,6-9,11-12H2,1H3,(H,23,25). The normalized spacial score (nSPS) is 15.0. The van der Waals surface area contributed by atoms with Crippen LogP contribution < -0.4 is 5.32 Å². The first-order valence-electron chi connectivity index (χ1n) is 9.22. The van der Waals surface area contributed by atoms with Gasteiger partial charge in [-0.25, -0.2) is 4.79 Å². The number of hydrogen-bond acceptors (Lipinski definition) is 5. The zero-order chi connectivity index (χ0) is 21.4. The molecular formula is C19H23F3N2O5. The Kier molecular flexibility index (Phi) is 7.86. The Morgan fingerprint density at radius 1 is 1.17 bits per heavy atom. The molecule has 1 aliphatic rings. The Labute approximate surface area is 166 Å². The minimum absolute atomic E-state index is 0.0759. The molecule has 0 unspecified atom stereocenters. The van der Waals surface area contributed by atoms with Gasteiger partial charge in [-0.2, -0.15) is 13.2 Å². The summed E-state index contributed by atoms with van der Waals surface area (Å²) in [6.45, 7) is 0.0516. The molecule has 10 heteroatoms. The second-order valence-electron chi connectivity index (χ2n) is 6.64. The third-order valence-electron chi connectivity index (χ3n) is 4.41. The summed E-state index contributed by atoms with van der Waals surface area (Å²) in [5, 5.41) is 2.65. The van der Waals surface area contributed by atoms with E-state index in [9.17, 15) is 27.6 Å².